The zero-order chi connectivity index (χ0) is 11.5. The van der Waals surface area contributed by atoms with E-state index in [0.29, 0.717) is 6.42 Å². The lowest BCUT2D eigenvalue weighted by molar-refractivity contribution is -0.275. The molecule has 0 N–H and O–H groups in total. The van der Waals surface area contributed by atoms with Crippen LogP contribution >= 0.6 is 0 Å². The maximum Gasteiger partial charge on any atom is 0.573 e. The quantitative estimate of drug-likeness (QED) is 0.779. The predicted octanol–water partition coefficient (Wildman–Crippen LogP) is 3.16. The lowest BCUT2D eigenvalue weighted by Crippen LogP contribution is -2.17. The van der Waals surface area contributed by atoms with Gasteiger partial charge < -0.3 is 9.47 Å². The van der Waals surface area contributed by atoms with Gasteiger partial charge in [-0.2, -0.15) is 0 Å². The van der Waals surface area contributed by atoms with Crippen LogP contribution < -0.4 is 9.47 Å². The van der Waals surface area contributed by atoms with Gasteiger partial charge in [-0.25, -0.2) is 0 Å². The molecule has 0 aliphatic heterocycles. The Hall–Kier alpha value is -1.39. The molecule has 0 saturated carbocycles. The van der Waals surface area contributed by atoms with E-state index < -0.39 is 6.36 Å². The van der Waals surface area contributed by atoms with E-state index in [1.807, 2.05) is 6.92 Å². The summed E-state index contributed by atoms with van der Waals surface area (Å²) in [6.07, 6.45) is -4.06. The highest BCUT2D eigenvalue weighted by Gasteiger charge is 2.32. The summed E-state index contributed by atoms with van der Waals surface area (Å²) < 4.78 is 44.7. The van der Waals surface area contributed by atoms with E-state index in [9.17, 15) is 13.2 Å². The number of ether oxygens (including phenoxy) is 2. The van der Waals surface area contributed by atoms with Crippen molar-refractivity contribution in [2.45, 2.75) is 19.7 Å². The van der Waals surface area contributed by atoms with E-state index in [-0.39, 0.29) is 11.5 Å². The summed E-state index contributed by atoms with van der Waals surface area (Å²) in [5.41, 5.74) is 0.759. The van der Waals surface area contributed by atoms with Crippen LogP contribution in [0.3, 0.4) is 0 Å². The van der Waals surface area contributed by atoms with Crippen molar-refractivity contribution >= 4 is 0 Å². The van der Waals surface area contributed by atoms with Crippen LogP contribution in [0.2, 0.25) is 0 Å². The molecule has 0 heterocycles. The Morgan fingerprint density at radius 1 is 1.20 bits per heavy atom. The van der Waals surface area contributed by atoms with Crippen LogP contribution in [0.15, 0.2) is 18.2 Å². The second-order valence-corrected chi connectivity index (χ2v) is 2.89. The van der Waals surface area contributed by atoms with Crippen LogP contribution in [0.25, 0.3) is 0 Å². The molecule has 15 heavy (non-hydrogen) atoms. The third-order valence-electron chi connectivity index (χ3n) is 1.86. The van der Waals surface area contributed by atoms with Crippen molar-refractivity contribution in [1.29, 1.82) is 0 Å². The number of benzene rings is 1. The number of hydrogen-bond donors (Lipinski definition) is 0. The van der Waals surface area contributed by atoms with Crippen LogP contribution in [0.5, 0.6) is 11.5 Å². The van der Waals surface area contributed by atoms with Crippen molar-refractivity contribution in [1.82, 2.24) is 0 Å². The van der Waals surface area contributed by atoms with Gasteiger partial charge >= 0.3 is 6.36 Å². The number of hydrogen-bond acceptors (Lipinski definition) is 2. The fourth-order valence-electron chi connectivity index (χ4n) is 1.15. The van der Waals surface area contributed by atoms with E-state index in [1.165, 1.54) is 19.2 Å². The number of rotatable bonds is 3. The van der Waals surface area contributed by atoms with Gasteiger partial charge in [-0.15, -0.1) is 13.2 Å². The molecule has 84 valence electrons. The summed E-state index contributed by atoms with van der Waals surface area (Å²) in [4.78, 5) is 0. The summed E-state index contributed by atoms with van der Waals surface area (Å²) >= 11 is 0. The lowest BCUT2D eigenvalue weighted by atomic mass is 10.1. The first-order chi connectivity index (χ1) is 6.96. The van der Waals surface area contributed by atoms with Crippen molar-refractivity contribution < 1.29 is 22.6 Å². The molecule has 0 atom stereocenters. The standard InChI is InChI=1S/C10H11F3O2/c1-3-7-4-5-8(14-2)9(6-7)15-10(11,12)13/h4-6H,3H2,1-2H3. The minimum Gasteiger partial charge on any atom is -0.493 e. The third kappa shape index (κ3) is 3.34. The lowest BCUT2D eigenvalue weighted by Gasteiger charge is -2.13. The fourth-order valence-corrected chi connectivity index (χ4v) is 1.15. The highest BCUT2D eigenvalue weighted by Crippen LogP contribution is 2.32. The molecule has 0 saturated heterocycles. The Labute approximate surface area is 85.6 Å². The van der Waals surface area contributed by atoms with Gasteiger partial charge in [-0.1, -0.05) is 13.0 Å². The van der Waals surface area contributed by atoms with E-state index in [1.54, 1.807) is 6.07 Å². The maximum atomic E-state index is 12.0. The summed E-state index contributed by atoms with van der Waals surface area (Å²) in [6.45, 7) is 1.85. The van der Waals surface area contributed by atoms with Crippen LogP contribution in [0.1, 0.15) is 12.5 Å². The van der Waals surface area contributed by atoms with Crippen LogP contribution in [0.4, 0.5) is 13.2 Å². The molecule has 1 aromatic carbocycles. The SMILES string of the molecule is CCc1ccc(OC)c(OC(F)(F)F)c1. The number of aryl methyl sites for hydroxylation is 1. The van der Waals surface area contributed by atoms with Gasteiger partial charge in [0.05, 0.1) is 7.11 Å². The Morgan fingerprint density at radius 3 is 2.33 bits per heavy atom. The molecule has 0 aliphatic carbocycles. The molecule has 0 spiro atoms. The van der Waals surface area contributed by atoms with E-state index >= 15 is 0 Å². The normalized spacial score (nSPS) is 11.3. The first-order valence-electron chi connectivity index (χ1n) is 4.39. The van der Waals surface area contributed by atoms with Crippen LogP contribution in [0, 0.1) is 0 Å². The molecular weight excluding hydrogens is 209 g/mol. The number of alkyl halides is 3. The van der Waals surface area contributed by atoms with Gasteiger partial charge in [0.15, 0.2) is 11.5 Å². The molecule has 0 fully saturated rings. The monoisotopic (exact) mass is 220 g/mol. The molecule has 0 bridgehead atoms. The van der Waals surface area contributed by atoms with Crippen molar-refractivity contribution in [3.63, 3.8) is 0 Å². The molecule has 2 nitrogen and oxygen atoms in total. The predicted molar refractivity (Wildman–Crippen MR) is 49.1 cm³/mol. The maximum absolute atomic E-state index is 12.0. The zero-order valence-corrected chi connectivity index (χ0v) is 8.39. The molecule has 0 aromatic heterocycles. The highest BCUT2D eigenvalue weighted by molar-refractivity contribution is 5.43. The topological polar surface area (TPSA) is 18.5 Å². The van der Waals surface area contributed by atoms with Gasteiger partial charge in [0.25, 0.3) is 0 Å². The van der Waals surface area contributed by atoms with Gasteiger partial charge in [0.2, 0.25) is 0 Å². The molecule has 5 heteroatoms. The molecule has 1 aromatic rings. The molecule has 0 unspecified atom stereocenters. The minimum absolute atomic E-state index is 0.0736. The van der Waals surface area contributed by atoms with Gasteiger partial charge in [0, 0.05) is 0 Å². The molecule has 0 radical (unpaired) electrons. The second-order valence-electron chi connectivity index (χ2n) is 2.89. The average Bonchev–Trinajstić information content (AvgIpc) is 2.15. The van der Waals surface area contributed by atoms with E-state index in [0.717, 1.165) is 5.56 Å². The number of methoxy groups -OCH3 is 1. The fraction of sp³-hybridized carbons (Fsp3) is 0.400. The Kier molecular flexibility index (Phi) is 3.44. The van der Waals surface area contributed by atoms with Crippen molar-refractivity contribution in [2.24, 2.45) is 0 Å². The zero-order valence-electron chi connectivity index (χ0n) is 8.39. The highest BCUT2D eigenvalue weighted by atomic mass is 19.4. The first-order valence-corrected chi connectivity index (χ1v) is 4.39. The smallest absolute Gasteiger partial charge is 0.493 e. The summed E-state index contributed by atoms with van der Waals surface area (Å²) in [7, 11) is 1.30. The summed E-state index contributed by atoms with van der Waals surface area (Å²) in [6, 6.07) is 4.48. The van der Waals surface area contributed by atoms with Crippen molar-refractivity contribution in [3.05, 3.63) is 23.8 Å². The minimum atomic E-state index is -4.69. The van der Waals surface area contributed by atoms with Crippen LogP contribution in [-0.2, 0) is 6.42 Å². The summed E-state index contributed by atoms with van der Waals surface area (Å²) in [5, 5.41) is 0. The second kappa shape index (κ2) is 4.42. The van der Waals surface area contributed by atoms with Crippen molar-refractivity contribution in [2.75, 3.05) is 7.11 Å². The average molecular weight is 220 g/mol. The third-order valence-corrected chi connectivity index (χ3v) is 1.86. The van der Waals surface area contributed by atoms with E-state index in [2.05, 4.69) is 4.74 Å². The first kappa shape index (κ1) is 11.7. The molecule has 0 aliphatic rings. The van der Waals surface area contributed by atoms with Crippen LogP contribution in [-0.4, -0.2) is 13.5 Å². The van der Waals surface area contributed by atoms with Crippen molar-refractivity contribution in [3.8, 4) is 11.5 Å². The Bertz CT molecular complexity index is 334. The number of halogens is 3. The molecular formula is C10H11F3O2. The molecule has 1 rings (SSSR count). The largest absolute Gasteiger partial charge is 0.573 e. The van der Waals surface area contributed by atoms with E-state index in [4.69, 9.17) is 4.74 Å². The molecule has 0 amide bonds. The Balaban J connectivity index is 3.01. The Morgan fingerprint density at radius 2 is 1.87 bits per heavy atom. The van der Waals surface area contributed by atoms with Gasteiger partial charge in [0.1, 0.15) is 0 Å². The van der Waals surface area contributed by atoms with Gasteiger partial charge in [-0.05, 0) is 24.1 Å². The van der Waals surface area contributed by atoms with Gasteiger partial charge in [-0.3, -0.25) is 0 Å². The summed E-state index contributed by atoms with van der Waals surface area (Å²) in [5.74, 6) is -0.228.